The number of carbonyl (C=O) groups excluding carboxylic acids is 1. The molecule has 0 unspecified atom stereocenters. The fourth-order valence-electron chi connectivity index (χ4n) is 3.22. The highest BCUT2D eigenvalue weighted by Crippen LogP contribution is 2.30. The lowest BCUT2D eigenvalue weighted by molar-refractivity contribution is -0.134. The smallest absolute Gasteiger partial charge is 0.227 e. The van der Waals surface area contributed by atoms with Crippen LogP contribution in [0, 0.1) is 0 Å². The second-order valence-corrected chi connectivity index (χ2v) is 6.67. The molecule has 0 spiro atoms. The molecule has 1 aliphatic rings. The topological polar surface area (TPSA) is 50.5 Å². The zero-order chi connectivity index (χ0) is 15.6. The summed E-state index contributed by atoms with van der Waals surface area (Å²) in [4.78, 5) is 19.5. The first-order valence-electron chi connectivity index (χ1n) is 7.92. The Hall–Kier alpha value is -2.21. The van der Waals surface area contributed by atoms with Crippen LogP contribution in [0.15, 0.2) is 41.4 Å². The van der Waals surface area contributed by atoms with Gasteiger partial charge in [0.15, 0.2) is 5.65 Å². The second kappa shape index (κ2) is 6.12. The molecule has 4 rings (SSSR count). The van der Waals surface area contributed by atoms with Gasteiger partial charge in [0.25, 0.3) is 0 Å². The fraction of sp³-hybridized carbons (Fsp3) is 0.353. The largest absolute Gasteiger partial charge is 0.334 e. The van der Waals surface area contributed by atoms with Gasteiger partial charge in [0.1, 0.15) is 0 Å². The lowest BCUT2D eigenvalue weighted by Crippen LogP contribution is -2.39. The van der Waals surface area contributed by atoms with Gasteiger partial charge in [0, 0.05) is 18.8 Å². The van der Waals surface area contributed by atoms with Crippen molar-refractivity contribution in [3.05, 3.63) is 52.6 Å². The summed E-state index contributed by atoms with van der Waals surface area (Å²) in [6.07, 6.45) is 7.34. The van der Waals surface area contributed by atoms with Crippen molar-refractivity contribution in [3.63, 3.8) is 0 Å². The SMILES string of the molecule is O=C(Cc1ccsc1)N1CCCC[C@@H]1c1ccn2nccc2n1. The number of aromatic nitrogens is 3. The number of likely N-dealkylation sites (tertiary alicyclic amines) is 1. The van der Waals surface area contributed by atoms with E-state index < -0.39 is 0 Å². The third kappa shape index (κ3) is 2.86. The summed E-state index contributed by atoms with van der Waals surface area (Å²) in [7, 11) is 0. The Bertz CT molecular complexity index is 811. The van der Waals surface area contributed by atoms with E-state index >= 15 is 0 Å². The zero-order valence-corrected chi connectivity index (χ0v) is 13.6. The molecule has 1 atom stereocenters. The van der Waals surface area contributed by atoms with Crippen LogP contribution in [-0.4, -0.2) is 31.9 Å². The summed E-state index contributed by atoms with van der Waals surface area (Å²) in [5.74, 6) is 0.197. The average molecular weight is 326 g/mol. The van der Waals surface area contributed by atoms with Crippen molar-refractivity contribution in [2.75, 3.05) is 6.54 Å². The van der Waals surface area contributed by atoms with E-state index in [1.165, 1.54) is 0 Å². The molecule has 1 saturated heterocycles. The molecule has 0 radical (unpaired) electrons. The van der Waals surface area contributed by atoms with Gasteiger partial charge in [-0.15, -0.1) is 0 Å². The number of hydrogen-bond donors (Lipinski definition) is 0. The standard InChI is InChI=1S/C17H18N4OS/c22-17(11-13-6-10-23-12-13)20-8-2-1-3-15(20)14-5-9-21-16(19-14)4-7-18-21/h4-7,9-10,12,15H,1-3,8,11H2/t15-/m1/s1. The van der Waals surface area contributed by atoms with Crippen LogP contribution >= 0.6 is 11.3 Å². The fourth-order valence-corrected chi connectivity index (χ4v) is 3.89. The number of thiophene rings is 1. The molecule has 1 aliphatic heterocycles. The maximum atomic E-state index is 12.7. The molecule has 1 amide bonds. The van der Waals surface area contributed by atoms with Gasteiger partial charge in [-0.25, -0.2) is 9.50 Å². The van der Waals surface area contributed by atoms with Crippen molar-refractivity contribution in [3.8, 4) is 0 Å². The summed E-state index contributed by atoms with van der Waals surface area (Å²) in [6.45, 7) is 0.819. The van der Waals surface area contributed by atoms with E-state index in [-0.39, 0.29) is 11.9 Å². The van der Waals surface area contributed by atoms with E-state index in [9.17, 15) is 4.79 Å². The molecule has 0 N–H and O–H groups in total. The Balaban J connectivity index is 1.60. The lowest BCUT2D eigenvalue weighted by Gasteiger charge is -2.35. The molecule has 0 bridgehead atoms. The first kappa shape index (κ1) is 14.4. The van der Waals surface area contributed by atoms with E-state index in [2.05, 4.69) is 5.10 Å². The van der Waals surface area contributed by atoms with Gasteiger partial charge in [-0.1, -0.05) is 0 Å². The molecular formula is C17H18N4OS. The minimum Gasteiger partial charge on any atom is -0.334 e. The minimum absolute atomic E-state index is 0.0785. The van der Waals surface area contributed by atoms with Crippen LogP contribution in [0.3, 0.4) is 0 Å². The number of piperidine rings is 1. The second-order valence-electron chi connectivity index (χ2n) is 5.89. The molecule has 23 heavy (non-hydrogen) atoms. The maximum Gasteiger partial charge on any atom is 0.227 e. The van der Waals surface area contributed by atoms with Gasteiger partial charge in [-0.2, -0.15) is 16.4 Å². The van der Waals surface area contributed by atoms with Crippen LogP contribution in [0.4, 0.5) is 0 Å². The van der Waals surface area contributed by atoms with Crippen LogP contribution in [0.2, 0.25) is 0 Å². The third-order valence-electron chi connectivity index (χ3n) is 4.38. The number of carbonyl (C=O) groups is 1. The van der Waals surface area contributed by atoms with Gasteiger partial charge in [0.2, 0.25) is 5.91 Å². The van der Waals surface area contributed by atoms with Gasteiger partial charge >= 0.3 is 0 Å². The van der Waals surface area contributed by atoms with Crippen LogP contribution < -0.4 is 0 Å². The Morgan fingerprint density at radius 3 is 3.13 bits per heavy atom. The molecule has 3 aromatic heterocycles. The number of hydrogen-bond acceptors (Lipinski definition) is 4. The molecule has 0 aromatic carbocycles. The average Bonchev–Trinajstić information content (AvgIpc) is 3.25. The molecule has 1 fully saturated rings. The van der Waals surface area contributed by atoms with Crippen molar-refractivity contribution in [2.45, 2.75) is 31.7 Å². The predicted octanol–water partition coefficient (Wildman–Crippen LogP) is 3.09. The summed E-state index contributed by atoms with van der Waals surface area (Å²) in [6, 6.07) is 5.98. The highest BCUT2D eigenvalue weighted by Gasteiger charge is 2.29. The van der Waals surface area contributed by atoms with E-state index in [4.69, 9.17) is 4.98 Å². The molecule has 4 heterocycles. The Kier molecular flexibility index (Phi) is 3.83. The number of fused-ring (bicyclic) bond motifs is 1. The maximum absolute atomic E-state index is 12.7. The molecule has 6 heteroatoms. The number of rotatable bonds is 3. The lowest BCUT2D eigenvalue weighted by atomic mass is 9.98. The van der Waals surface area contributed by atoms with E-state index in [1.54, 1.807) is 22.0 Å². The number of nitrogens with zero attached hydrogens (tertiary/aromatic N) is 4. The summed E-state index contributed by atoms with van der Waals surface area (Å²) >= 11 is 1.64. The highest BCUT2D eigenvalue weighted by atomic mass is 32.1. The molecule has 3 aromatic rings. The summed E-state index contributed by atoms with van der Waals surface area (Å²) in [5.41, 5.74) is 2.90. The van der Waals surface area contributed by atoms with E-state index in [0.29, 0.717) is 6.42 Å². The van der Waals surface area contributed by atoms with Gasteiger partial charge in [-0.05, 0) is 47.7 Å². The predicted molar refractivity (Wildman–Crippen MR) is 89.3 cm³/mol. The van der Waals surface area contributed by atoms with Crippen molar-refractivity contribution in [2.24, 2.45) is 0 Å². The zero-order valence-electron chi connectivity index (χ0n) is 12.8. The molecule has 0 aliphatic carbocycles. The molecule has 5 nitrogen and oxygen atoms in total. The van der Waals surface area contributed by atoms with Gasteiger partial charge < -0.3 is 4.90 Å². The highest BCUT2D eigenvalue weighted by molar-refractivity contribution is 7.08. The Morgan fingerprint density at radius 1 is 1.30 bits per heavy atom. The van der Waals surface area contributed by atoms with E-state index in [0.717, 1.165) is 42.7 Å². The minimum atomic E-state index is 0.0785. The van der Waals surface area contributed by atoms with Crippen molar-refractivity contribution in [1.82, 2.24) is 19.5 Å². The Labute approximate surface area is 138 Å². The quantitative estimate of drug-likeness (QED) is 0.743. The number of amides is 1. The van der Waals surface area contributed by atoms with Crippen LogP contribution in [0.25, 0.3) is 5.65 Å². The first-order valence-corrected chi connectivity index (χ1v) is 8.86. The van der Waals surface area contributed by atoms with Crippen molar-refractivity contribution in [1.29, 1.82) is 0 Å². The first-order chi connectivity index (χ1) is 11.3. The van der Waals surface area contributed by atoms with Gasteiger partial charge in [-0.3, -0.25) is 4.79 Å². The monoisotopic (exact) mass is 326 g/mol. The van der Waals surface area contributed by atoms with E-state index in [1.807, 2.05) is 40.1 Å². The molecular weight excluding hydrogens is 308 g/mol. The van der Waals surface area contributed by atoms with Crippen LogP contribution in [0.5, 0.6) is 0 Å². The van der Waals surface area contributed by atoms with Crippen LogP contribution in [-0.2, 0) is 11.2 Å². The third-order valence-corrected chi connectivity index (χ3v) is 5.11. The van der Waals surface area contributed by atoms with Crippen molar-refractivity contribution >= 4 is 22.9 Å². The van der Waals surface area contributed by atoms with Crippen LogP contribution in [0.1, 0.15) is 36.6 Å². The molecule has 0 saturated carbocycles. The summed E-state index contributed by atoms with van der Waals surface area (Å²) < 4.78 is 1.75. The molecule has 118 valence electrons. The van der Waals surface area contributed by atoms with Gasteiger partial charge in [0.05, 0.1) is 24.4 Å². The summed E-state index contributed by atoms with van der Waals surface area (Å²) in [5, 5.41) is 8.25. The Morgan fingerprint density at radius 2 is 2.26 bits per heavy atom. The van der Waals surface area contributed by atoms with Crippen molar-refractivity contribution < 1.29 is 4.79 Å². The normalized spacial score (nSPS) is 18.4.